The van der Waals surface area contributed by atoms with Gasteiger partial charge < -0.3 is 20.9 Å². The molecule has 0 aliphatic carbocycles. The van der Waals surface area contributed by atoms with Gasteiger partial charge in [0.2, 0.25) is 5.91 Å². The number of phenolic OH excluding ortho intramolecular Hbond substituents is 1. The highest BCUT2D eigenvalue weighted by Crippen LogP contribution is 2.16. The second-order valence-corrected chi connectivity index (χ2v) is 4.64. The van der Waals surface area contributed by atoms with Gasteiger partial charge in [0.25, 0.3) is 0 Å². The summed E-state index contributed by atoms with van der Waals surface area (Å²) in [5, 5.41) is 12.0. The minimum absolute atomic E-state index is 0.194. The maximum Gasteiger partial charge on any atom is 0.241 e. The Balaban J connectivity index is 1.93. The molecule has 0 radical (unpaired) electrons. The number of nitrogens with one attached hydrogen (secondary N) is 1. The molecule has 5 heteroatoms. The van der Waals surface area contributed by atoms with E-state index in [2.05, 4.69) is 5.32 Å². The van der Waals surface area contributed by atoms with Crippen LogP contribution in [0.5, 0.6) is 11.5 Å². The number of ether oxygens (including phenoxy) is 1. The van der Waals surface area contributed by atoms with Gasteiger partial charge in [-0.2, -0.15) is 0 Å². The first kappa shape index (κ1) is 14.9. The molecular formula is C16H18N2O3. The fraction of sp³-hybridized carbons (Fsp3) is 0.188. The first-order valence-electron chi connectivity index (χ1n) is 6.55. The lowest BCUT2D eigenvalue weighted by atomic mass is 10.1. The lowest BCUT2D eigenvalue weighted by molar-refractivity contribution is -0.122. The maximum absolute atomic E-state index is 12.0. The van der Waals surface area contributed by atoms with Gasteiger partial charge in [0.1, 0.15) is 17.5 Å². The number of methoxy groups -OCH3 is 1. The predicted molar refractivity (Wildman–Crippen MR) is 79.9 cm³/mol. The standard InChI is InChI=1S/C16H18N2O3/c1-21-14-8-4-12(5-9-14)15(17)16(20)18-10-11-2-6-13(19)7-3-11/h2-9,15,19H,10,17H2,1H3,(H,18,20). The van der Waals surface area contributed by atoms with Gasteiger partial charge in [-0.05, 0) is 35.4 Å². The number of amides is 1. The molecule has 21 heavy (non-hydrogen) atoms. The maximum atomic E-state index is 12.0. The van der Waals surface area contributed by atoms with Crippen molar-refractivity contribution in [1.29, 1.82) is 0 Å². The largest absolute Gasteiger partial charge is 0.508 e. The summed E-state index contributed by atoms with van der Waals surface area (Å²) in [5.74, 6) is 0.656. The lowest BCUT2D eigenvalue weighted by Crippen LogP contribution is -2.33. The fourth-order valence-corrected chi connectivity index (χ4v) is 1.88. The molecule has 1 atom stereocenters. The van der Waals surface area contributed by atoms with Gasteiger partial charge in [-0.1, -0.05) is 24.3 Å². The van der Waals surface area contributed by atoms with E-state index in [1.807, 2.05) is 0 Å². The van der Waals surface area contributed by atoms with Gasteiger partial charge in [0.15, 0.2) is 0 Å². The summed E-state index contributed by atoms with van der Waals surface area (Å²) < 4.78 is 5.06. The molecule has 2 rings (SSSR count). The van der Waals surface area contributed by atoms with E-state index in [1.165, 1.54) is 0 Å². The van der Waals surface area contributed by atoms with Crippen molar-refractivity contribution in [2.75, 3.05) is 7.11 Å². The summed E-state index contributed by atoms with van der Waals surface area (Å²) in [6, 6.07) is 13.0. The van der Waals surface area contributed by atoms with Gasteiger partial charge in [-0.25, -0.2) is 0 Å². The normalized spacial score (nSPS) is 11.7. The molecule has 1 unspecified atom stereocenters. The van der Waals surface area contributed by atoms with Crippen LogP contribution in [-0.2, 0) is 11.3 Å². The van der Waals surface area contributed by atoms with E-state index in [9.17, 15) is 9.90 Å². The number of hydrogen-bond acceptors (Lipinski definition) is 4. The highest BCUT2D eigenvalue weighted by atomic mass is 16.5. The summed E-state index contributed by atoms with van der Waals surface area (Å²) in [7, 11) is 1.58. The van der Waals surface area contributed by atoms with Crippen molar-refractivity contribution in [3.63, 3.8) is 0 Å². The average Bonchev–Trinajstić information content (AvgIpc) is 2.53. The highest BCUT2D eigenvalue weighted by molar-refractivity contribution is 5.82. The quantitative estimate of drug-likeness (QED) is 0.781. The second kappa shape index (κ2) is 6.76. The summed E-state index contributed by atoms with van der Waals surface area (Å²) in [6.07, 6.45) is 0. The topological polar surface area (TPSA) is 84.6 Å². The number of carbonyl (C=O) groups excluding carboxylic acids is 1. The van der Waals surface area contributed by atoms with Crippen LogP contribution < -0.4 is 15.8 Å². The third kappa shape index (κ3) is 3.97. The average molecular weight is 286 g/mol. The molecule has 0 aliphatic rings. The van der Waals surface area contributed by atoms with Crippen LogP contribution in [-0.4, -0.2) is 18.1 Å². The van der Waals surface area contributed by atoms with Crippen LogP contribution in [0.15, 0.2) is 48.5 Å². The Hall–Kier alpha value is -2.53. The van der Waals surface area contributed by atoms with Gasteiger partial charge in [-0.3, -0.25) is 4.79 Å². The summed E-state index contributed by atoms with van der Waals surface area (Å²) in [6.45, 7) is 0.364. The van der Waals surface area contributed by atoms with Crippen LogP contribution in [0.4, 0.5) is 0 Å². The molecule has 0 saturated carbocycles. The Morgan fingerprint density at radius 3 is 2.38 bits per heavy atom. The molecule has 5 nitrogen and oxygen atoms in total. The minimum Gasteiger partial charge on any atom is -0.508 e. The van der Waals surface area contributed by atoms with E-state index >= 15 is 0 Å². The van der Waals surface area contributed by atoms with Crippen LogP contribution in [0.3, 0.4) is 0 Å². The second-order valence-electron chi connectivity index (χ2n) is 4.64. The Kier molecular flexibility index (Phi) is 4.79. The molecule has 4 N–H and O–H groups in total. The highest BCUT2D eigenvalue weighted by Gasteiger charge is 2.15. The molecule has 2 aromatic carbocycles. The molecule has 0 fully saturated rings. The van der Waals surface area contributed by atoms with Crippen LogP contribution in [0.2, 0.25) is 0 Å². The van der Waals surface area contributed by atoms with Crippen LogP contribution in [0.1, 0.15) is 17.2 Å². The fourth-order valence-electron chi connectivity index (χ4n) is 1.88. The Bertz CT molecular complexity index is 594. The zero-order valence-corrected chi connectivity index (χ0v) is 11.7. The van der Waals surface area contributed by atoms with Crippen molar-refractivity contribution in [2.45, 2.75) is 12.6 Å². The number of benzene rings is 2. The molecule has 1 amide bonds. The number of nitrogens with two attached hydrogens (primary N) is 1. The van der Waals surface area contributed by atoms with Gasteiger partial charge in [0, 0.05) is 6.54 Å². The molecule has 0 spiro atoms. The van der Waals surface area contributed by atoms with Crippen molar-refractivity contribution in [1.82, 2.24) is 5.32 Å². The van der Waals surface area contributed by atoms with Crippen molar-refractivity contribution >= 4 is 5.91 Å². The smallest absolute Gasteiger partial charge is 0.241 e. The van der Waals surface area contributed by atoms with Crippen molar-refractivity contribution < 1.29 is 14.6 Å². The summed E-state index contributed by atoms with van der Waals surface area (Å²) in [4.78, 5) is 12.0. The minimum atomic E-state index is -0.729. The Morgan fingerprint density at radius 1 is 1.19 bits per heavy atom. The molecule has 0 heterocycles. The van der Waals surface area contributed by atoms with Crippen molar-refractivity contribution in [3.8, 4) is 11.5 Å². The van der Waals surface area contributed by atoms with Crippen molar-refractivity contribution in [2.24, 2.45) is 5.73 Å². The number of phenols is 1. The molecule has 110 valence electrons. The van der Waals surface area contributed by atoms with Crippen LogP contribution in [0.25, 0.3) is 0 Å². The zero-order valence-electron chi connectivity index (χ0n) is 11.7. The van der Waals surface area contributed by atoms with E-state index in [0.717, 1.165) is 16.9 Å². The first-order valence-corrected chi connectivity index (χ1v) is 6.55. The van der Waals surface area contributed by atoms with E-state index < -0.39 is 6.04 Å². The van der Waals surface area contributed by atoms with E-state index in [4.69, 9.17) is 10.5 Å². The number of aromatic hydroxyl groups is 1. The van der Waals surface area contributed by atoms with E-state index in [1.54, 1.807) is 55.6 Å². The van der Waals surface area contributed by atoms with Gasteiger partial charge >= 0.3 is 0 Å². The molecule has 0 aliphatic heterocycles. The Labute approximate surface area is 123 Å². The number of hydrogen-bond donors (Lipinski definition) is 3. The molecule has 0 bridgehead atoms. The molecule has 2 aromatic rings. The molecule has 0 aromatic heterocycles. The SMILES string of the molecule is COc1ccc(C(N)C(=O)NCc2ccc(O)cc2)cc1. The van der Waals surface area contributed by atoms with Gasteiger partial charge in [0.05, 0.1) is 7.11 Å². The van der Waals surface area contributed by atoms with E-state index in [0.29, 0.717) is 6.54 Å². The third-order valence-corrected chi connectivity index (χ3v) is 3.16. The van der Waals surface area contributed by atoms with Crippen molar-refractivity contribution in [3.05, 3.63) is 59.7 Å². The van der Waals surface area contributed by atoms with E-state index in [-0.39, 0.29) is 11.7 Å². The zero-order chi connectivity index (χ0) is 15.2. The first-order chi connectivity index (χ1) is 10.1. The van der Waals surface area contributed by atoms with Crippen LogP contribution >= 0.6 is 0 Å². The van der Waals surface area contributed by atoms with Crippen LogP contribution in [0, 0.1) is 0 Å². The number of carbonyl (C=O) groups is 1. The summed E-state index contributed by atoms with van der Waals surface area (Å²) in [5.41, 5.74) is 7.54. The molecular weight excluding hydrogens is 268 g/mol. The predicted octanol–water partition coefficient (Wildman–Crippen LogP) is 1.72. The monoisotopic (exact) mass is 286 g/mol. The lowest BCUT2D eigenvalue weighted by Gasteiger charge is -2.13. The number of rotatable bonds is 5. The van der Waals surface area contributed by atoms with Gasteiger partial charge in [-0.15, -0.1) is 0 Å². The molecule has 0 saturated heterocycles. The Morgan fingerprint density at radius 2 is 1.81 bits per heavy atom. The summed E-state index contributed by atoms with van der Waals surface area (Å²) >= 11 is 0. The third-order valence-electron chi connectivity index (χ3n) is 3.16.